The highest BCUT2D eigenvalue weighted by Crippen LogP contribution is 2.30. The predicted molar refractivity (Wildman–Crippen MR) is 138 cm³/mol. The molecule has 0 spiro atoms. The second kappa shape index (κ2) is 11.9. The Morgan fingerprint density at radius 2 is 1.89 bits per heavy atom. The quantitative estimate of drug-likeness (QED) is 0.429. The number of likely N-dealkylation sites (N-methyl/N-ethyl adjacent to an activating group) is 1. The molecule has 9 heteroatoms. The molecule has 0 radical (unpaired) electrons. The zero-order valence-electron chi connectivity index (χ0n) is 21.0. The van der Waals surface area contributed by atoms with Crippen LogP contribution < -0.4 is 16.4 Å². The van der Waals surface area contributed by atoms with E-state index in [2.05, 4.69) is 20.5 Å². The first-order valence-corrected chi connectivity index (χ1v) is 12.3. The summed E-state index contributed by atoms with van der Waals surface area (Å²) in [5.74, 6) is -2.75. The van der Waals surface area contributed by atoms with E-state index in [0.29, 0.717) is 35.1 Å². The molecule has 6 nitrogen and oxygen atoms in total. The van der Waals surface area contributed by atoms with E-state index in [1.54, 1.807) is 13.0 Å². The summed E-state index contributed by atoms with van der Waals surface area (Å²) in [5, 5.41) is 6.10. The lowest BCUT2D eigenvalue weighted by atomic mass is 9.84. The molecular weight excluding hydrogens is 479 g/mol. The Labute approximate surface area is 215 Å². The predicted octanol–water partition coefficient (Wildman–Crippen LogP) is 3.74. The number of benzene rings is 2. The van der Waals surface area contributed by atoms with Gasteiger partial charge < -0.3 is 21.3 Å². The summed E-state index contributed by atoms with van der Waals surface area (Å²) in [6.45, 7) is 4.37. The molecule has 4 rings (SSSR count). The minimum atomic E-state index is -1.17. The summed E-state index contributed by atoms with van der Waals surface area (Å²) in [7, 11) is 2.04. The van der Waals surface area contributed by atoms with Crippen molar-refractivity contribution in [2.45, 2.75) is 37.8 Å². The van der Waals surface area contributed by atoms with E-state index in [1.165, 1.54) is 42.6 Å². The number of halogens is 3. The second-order valence-corrected chi connectivity index (χ2v) is 9.63. The fourth-order valence-electron chi connectivity index (χ4n) is 4.91. The Kier molecular flexibility index (Phi) is 8.58. The number of anilines is 1. The molecule has 0 aliphatic carbocycles. The molecule has 3 atom stereocenters. The van der Waals surface area contributed by atoms with Crippen molar-refractivity contribution in [3.8, 4) is 0 Å². The van der Waals surface area contributed by atoms with Gasteiger partial charge in [0.05, 0.1) is 24.1 Å². The minimum absolute atomic E-state index is 0.242. The summed E-state index contributed by atoms with van der Waals surface area (Å²) in [6.07, 6.45) is 3.64. The number of rotatable bonds is 8. The average Bonchev–Trinajstić information content (AvgIpc) is 2.85. The zero-order valence-corrected chi connectivity index (χ0v) is 21.0. The molecule has 0 saturated carbocycles. The van der Waals surface area contributed by atoms with Crippen molar-refractivity contribution in [3.63, 3.8) is 0 Å². The fraction of sp³-hybridized carbons (Fsp3) is 0.357. The van der Waals surface area contributed by atoms with Gasteiger partial charge >= 0.3 is 0 Å². The Morgan fingerprint density at radius 3 is 2.59 bits per heavy atom. The van der Waals surface area contributed by atoms with Crippen molar-refractivity contribution in [1.29, 1.82) is 0 Å². The van der Waals surface area contributed by atoms with Gasteiger partial charge in [-0.25, -0.2) is 13.2 Å². The molecule has 0 unspecified atom stereocenters. The van der Waals surface area contributed by atoms with Crippen molar-refractivity contribution in [2.24, 2.45) is 5.73 Å². The van der Waals surface area contributed by atoms with E-state index in [0.717, 1.165) is 25.8 Å². The van der Waals surface area contributed by atoms with Gasteiger partial charge in [-0.15, -0.1) is 0 Å². The van der Waals surface area contributed by atoms with E-state index in [1.807, 2.05) is 7.05 Å². The van der Waals surface area contributed by atoms with Crippen LogP contribution in [0, 0.1) is 24.4 Å². The van der Waals surface area contributed by atoms with Crippen LogP contribution in [0.25, 0.3) is 0 Å². The van der Waals surface area contributed by atoms with E-state index in [9.17, 15) is 18.0 Å². The van der Waals surface area contributed by atoms with Crippen LogP contribution in [0.2, 0.25) is 0 Å². The van der Waals surface area contributed by atoms with Crippen LogP contribution in [0.3, 0.4) is 0 Å². The summed E-state index contributed by atoms with van der Waals surface area (Å²) in [6, 6.07) is 9.10. The second-order valence-electron chi connectivity index (χ2n) is 9.63. The molecule has 1 aliphatic heterocycles. The lowest BCUT2D eigenvalue weighted by molar-refractivity contribution is -0.117. The fourth-order valence-corrected chi connectivity index (χ4v) is 4.91. The zero-order chi connectivity index (χ0) is 26.5. The molecule has 4 N–H and O–H groups in total. The number of nitrogens with zero attached hydrogens (tertiary/aromatic N) is 2. The third kappa shape index (κ3) is 6.54. The first kappa shape index (κ1) is 26.8. The molecule has 2 aromatic carbocycles. The lowest BCUT2D eigenvalue weighted by Crippen LogP contribution is -2.49. The normalized spacial score (nSPS) is 17.8. The van der Waals surface area contributed by atoms with Gasteiger partial charge in [-0.2, -0.15) is 0 Å². The maximum atomic E-state index is 14.8. The molecule has 3 aromatic rings. The van der Waals surface area contributed by atoms with Crippen LogP contribution in [0.4, 0.5) is 18.9 Å². The Bertz CT molecular complexity index is 1220. The highest BCUT2D eigenvalue weighted by atomic mass is 19.1. The Hall–Kier alpha value is -3.27. The molecule has 196 valence electrons. The highest BCUT2D eigenvalue weighted by Gasteiger charge is 2.29. The van der Waals surface area contributed by atoms with Gasteiger partial charge in [0.1, 0.15) is 17.5 Å². The van der Waals surface area contributed by atoms with Crippen LogP contribution in [0.1, 0.15) is 34.6 Å². The molecule has 0 bridgehead atoms. The molecule has 1 aromatic heterocycles. The van der Waals surface area contributed by atoms with Crippen LogP contribution >= 0.6 is 0 Å². The van der Waals surface area contributed by atoms with Crippen LogP contribution in [0.15, 0.2) is 54.9 Å². The van der Waals surface area contributed by atoms with Gasteiger partial charge in [0.2, 0.25) is 5.91 Å². The molecule has 1 saturated heterocycles. The van der Waals surface area contributed by atoms with Crippen molar-refractivity contribution in [1.82, 2.24) is 15.2 Å². The number of carbonyl (C=O) groups is 1. The number of piperazine rings is 1. The molecule has 1 amide bonds. The van der Waals surface area contributed by atoms with Crippen molar-refractivity contribution in [2.75, 3.05) is 32.0 Å². The summed E-state index contributed by atoms with van der Waals surface area (Å²) in [4.78, 5) is 19.5. The maximum absolute atomic E-state index is 14.8. The van der Waals surface area contributed by atoms with E-state index >= 15 is 0 Å². The Morgan fingerprint density at radius 1 is 1.14 bits per heavy atom. The number of amides is 1. The monoisotopic (exact) mass is 511 g/mol. The number of pyridine rings is 1. The first-order chi connectivity index (χ1) is 17.7. The van der Waals surface area contributed by atoms with E-state index in [4.69, 9.17) is 5.73 Å². The topological polar surface area (TPSA) is 83.3 Å². The highest BCUT2D eigenvalue weighted by molar-refractivity contribution is 5.96. The number of aryl methyl sites for hydroxylation is 1. The third-order valence-electron chi connectivity index (χ3n) is 6.95. The van der Waals surface area contributed by atoms with Crippen molar-refractivity contribution in [3.05, 3.63) is 94.6 Å². The molecule has 2 heterocycles. The van der Waals surface area contributed by atoms with Crippen molar-refractivity contribution >= 4 is 11.6 Å². The molecule has 1 aliphatic rings. The van der Waals surface area contributed by atoms with Gasteiger partial charge in [-0.05, 0) is 67.8 Å². The Balaban J connectivity index is 1.59. The number of hydrogen-bond donors (Lipinski definition) is 3. The van der Waals surface area contributed by atoms with Gasteiger partial charge in [-0.1, -0.05) is 18.2 Å². The van der Waals surface area contributed by atoms with Gasteiger partial charge in [0.15, 0.2) is 0 Å². The van der Waals surface area contributed by atoms with E-state index in [-0.39, 0.29) is 11.7 Å². The maximum Gasteiger partial charge on any atom is 0.242 e. The van der Waals surface area contributed by atoms with Gasteiger partial charge in [0.25, 0.3) is 0 Å². The molecule has 1 fully saturated rings. The number of hydrogen-bond acceptors (Lipinski definition) is 5. The number of carbonyl (C=O) groups excluding carboxylic acids is 1. The molecule has 37 heavy (non-hydrogen) atoms. The van der Waals surface area contributed by atoms with E-state index < -0.39 is 35.3 Å². The third-order valence-corrected chi connectivity index (χ3v) is 6.95. The van der Waals surface area contributed by atoms with Gasteiger partial charge in [0, 0.05) is 37.2 Å². The summed E-state index contributed by atoms with van der Waals surface area (Å²) in [5.41, 5.74) is 8.76. The number of nitrogens with two attached hydrogens (primary N) is 1. The molecular formula is C28H32F3N5O. The van der Waals surface area contributed by atoms with Crippen LogP contribution in [-0.2, 0) is 11.2 Å². The lowest BCUT2D eigenvalue weighted by Gasteiger charge is -2.33. The van der Waals surface area contributed by atoms with Crippen molar-refractivity contribution < 1.29 is 18.0 Å². The largest absolute Gasteiger partial charge is 0.323 e. The van der Waals surface area contributed by atoms with Gasteiger partial charge in [-0.3, -0.25) is 9.78 Å². The summed E-state index contributed by atoms with van der Waals surface area (Å²) < 4.78 is 42.7. The van der Waals surface area contributed by atoms with Crippen LogP contribution in [0.5, 0.6) is 0 Å². The summed E-state index contributed by atoms with van der Waals surface area (Å²) >= 11 is 0. The average molecular weight is 512 g/mol. The SMILES string of the molecule is Cc1cc(F)cc([C@H](c2ccc(F)cc2)[C@H](N)C(=O)Nc2cncc(F)c2CC[C@H]2CNCCN2C)c1. The standard InChI is InChI=1S/C28H32F3N5O/c1-17-11-19(13-21(30)12-17)26(18-3-5-20(29)6-4-18)27(32)28(37)35-25-16-34-15-24(31)23(25)8-7-22-14-33-9-10-36(22)2/h3-6,11-13,15-16,22,26-27,33H,7-10,14,32H2,1-2H3,(H,35,37)/t22-,26-,27-/m0/s1. The number of nitrogens with one attached hydrogen (secondary N) is 2. The smallest absolute Gasteiger partial charge is 0.242 e. The van der Waals surface area contributed by atoms with Crippen LogP contribution in [-0.4, -0.2) is 54.6 Å². The minimum Gasteiger partial charge on any atom is -0.323 e. The number of aromatic nitrogens is 1. The first-order valence-electron chi connectivity index (χ1n) is 12.3.